The zero-order chi connectivity index (χ0) is 21.2. The molecule has 2 atom stereocenters. The number of amides is 1. The highest BCUT2D eigenvalue weighted by molar-refractivity contribution is 5.79. The second-order valence-electron chi connectivity index (χ2n) is 8.00. The molecule has 0 bridgehead atoms. The van der Waals surface area contributed by atoms with Crippen molar-refractivity contribution in [2.75, 3.05) is 26.7 Å². The van der Waals surface area contributed by atoms with Crippen LogP contribution in [0.1, 0.15) is 49.4 Å². The van der Waals surface area contributed by atoms with Crippen molar-refractivity contribution >= 4 is 5.91 Å². The second kappa shape index (κ2) is 11.7. The molecule has 0 unspecified atom stereocenters. The van der Waals surface area contributed by atoms with Crippen LogP contribution >= 0.6 is 0 Å². The maximum atomic E-state index is 12.9. The summed E-state index contributed by atoms with van der Waals surface area (Å²) in [7, 11) is 1.89. The number of nitrogens with zero attached hydrogens (tertiary/aromatic N) is 2. The Bertz CT molecular complexity index is 730. The van der Waals surface area contributed by atoms with Crippen LogP contribution in [0.4, 0.5) is 0 Å². The number of likely N-dealkylation sites (N-methyl/N-ethyl adjacent to an activating group) is 1. The van der Waals surface area contributed by atoms with Crippen LogP contribution in [0.25, 0.3) is 0 Å². The summed E-state index contributed by atoms with van der Waals surface area (Å²) < 4.78 is 0. The lowest BCUT2D eigenvalue weighted by Gasteiger charge is -2.32. The average Bonchev–Trinajstić information content (AvgIpc) is 3.13. The number of aliphatic hydroxyl groups is 1. The number of hydrogen-bond donors (Lipinski definition) is 1. The summed E-state index contributed by atoms with van der Waals surface area (Å²) >= 11 is 0. The highest BCUT2D eigenvalue weighted by Crippen LogP contribution is 2.24. The second-order valence-corrected chi connectivity index (χ2v) is 8.00. The van der Waals surface area contributed by atoms with E-state index in [2.05, 4.69) is 30.9 Å². The van der Waals surface area contributed by atoms with E-state index in [1.165, 1.54) is 12.0 Å². The van der Waals surface area contributed by atoms with E-state index in [-0.39, 0.29) is 18.1 Å². The molecule has 1 fully saturated rings. The fraction of sp³-hybridized carbons (Fsp3) is 0.480. The Morgan fingerprint density at radius 1 is 1.14 bits per heavy atom. The molecule has 4 heteroatoms. The number of carbonyl (C=O) groups excluding carboxylic acids is 1. The van der Waals surface area contributed by atoms with Crippen LogP contribution in [0.15, 0.2) is 54.6 Å². The molecule has 158 valence electrons. The first-order chi connectivity index (χ1) is 13.9. The normalized spacial score (nSPS) is 17.3. The standard InChI is InChI=1S/C22H28N2O2.C3H8/c1-17-8-10-18(11-9-17)14-22(26)23(2)21(19-6-4-3-5-7-19)16-24-13-12-20(25)15-24;1-3-2/h3-11,20-21,25H,12-16H2,1-2H3;3H2,1-2H3/t20-,21+;/m0./s1. The Labute approximate surface area is 176 Å². The van der Waals surface area contributed by atoms with Gasteiger partial charge in [0, 0.05) is 26.7 Å². The van der Waals surface area contributed by atoms with Gasteiger partial charge < -0.3 is 10.0 Å². The van der Waals surface area contributed by atoms with Crippen LogP contribution in [0, 0.1) is 6.92 Å². The monoisotopic (exact) mass is 396 g/mol. The minimum atomic E-state index is -0.250. The number of likely N-dealkylation sites (tertiary alicyclic amines) is 1. The van der Waals surface area contributed by atoms with Crippen molar-refractivity contribution in [1.82, 2.24) is 9.80 Å². The van der Waals surface area contributed by atoms with Gasteiger partial charge in [-0.05, 0) is 24.5 Å². The molecular weight excluding hydrogens is 360 g/mol. The van der Waals surface area contributed by atoms with Gasteiger partial charge in [-0.15, -0.1) is 0 Å². The fourth-order valence-electron chi connectivity index (χ4n) is 3.53. The van der Waals surface area contributed by atoms with Crippen molar-refractivity contribution in [2.24, 2.45) is 0 Å². The van der Waals surface area contributed by atoms with Gasteiger partial charge in [-0.2, -0.15) is 0 Å². The summed E-state index contributed by atoms with van der Waals surface area (Å²) in [5.74, 6) is 0.113. The zero-order valence-corrected chi connectivity index (χ0v) is 18.3. The van der Waals surface area contributed by atoms with Crippen LogP contribution in [0.5, 0.6) is 0 Å². The first-order valence-corrected chi connectivity index (χ1v) is 10.7. The summed E-state index contributed by atoms with van der Waals surface area (Å²) in [5.41, 5.74) is 3.37. The fourth-order valence-corrected chi connectivity index (χ4v) is 3.53. The number of benzene rings is 2. The molecule has 1 heterocycles. The molecule has 2 aromatic carbocycles. The van der Waals surface area contributed by atoms with E-state index >= 15 is 0 Å². The van der Waals surface area contributed by atoms with Crippen LogP contribution in [0.3, 0.4) is 0 Å². The Morgan fingerprint density at radius 2 is 1.76 bits per heavy atom. The summed E-state index contributed by atoms with van der Waals surface area (Å²) in [6.45, 7) is 8.61. The van der Waals surface area contributed by atoms with Gasteiger partial charge in [-0.1, -0.05) is 80.4 Å². The molecule has 4 nitrogen and oxygen atoms in total. The van der Waals surface area contributed by atoms with E-state index in [1.807, 2.05) is 61.3 Å². The number of aliphatic hydroxyl groups excluding tert-OH is 1. The number of carbonyl (C=O) groups is 1. The molecule has 0 saturated carbocycles. The van der Waals surface area contributed by atoms with Gasteiger partial charge in [0.25, 0.3) is 0 Å². The summed E-state index contributed by atoms with van der Waals surface area (Å²) in [6, 6.07) is 18.3. The first kappa shape index (κ1) is 23.1. The quantitative estimate of drug-likeness (QED) is 0.795. The van der Waals surface area contributed by atoms with Gasteiger partial charge in [0.1, 0.15) is 0 Å². The molecular formula is C25H36N2O2. The van der Waals surface area contributed by atoms with Crippen molar-refractivity contribution in [3.8, 4) is 0 Å². The lowest BCUT2D eigenvalue weighted by atomic mass is 10.0. The lowest BCUT2D eigenvalue weighted by molar-refractivity contribution is -0.131. The third kappa shape index (κ3) is 7.30. The zero-order valence-electron chi connectivity index (χ0n) is 18.3. The van der Waals surface area contributed by atoms with Gasteiger partial charge in [0.05, 0.1) is 18.6 Å². The van der Waals surface area contributed by atoms with Crippen LogP contribution in [-0.4, -0.2) is 53.6 Å². The summed E-state index contributed by atoms with van der Waals surface area (Å²) in [5, 5.41) is 9.83. The first-order valence-electron chi connectivity index (χ1n) is 10.7. The molecule has 1 saturated heterocycles. The highest BCUT2D eigenvalue weighted by atomic mass is 16.3. The summed E-state index contributed by atoms with van der Waals surface area (Å²) in [6.07, 6.45) is 2.21. The number of rotatable bonds is 6. The SMILES string of the molecule is CCC.Cc1ccc(CC(=O)N(C)[C@H](CN2CC[C@H](O)C2)c2ccccc2)cc1. The Kier molecular flexibility index (Phi) is 9.36. The van der Waals surface area contributed by atoms with Gasteiger partial charge in [0.2, 0.25) is 5.91 Å². The van der Waals surface area contributed by atoms with E-state index in [0.717, 1.165) is 30.6 Å². The molecule has 3 rings (SSSR count). The van der Waals surface area contributed by atoms with Gasteiger partial charge in [0.15, 0.2) is 0 Å². The molecule has 1 N–H and O–H groups in total. The van der Waals surface area contributed by atoms with Crippen LogP contribution in [0.2, 0.25) is 0 Å². The van der Waals surface area contributed by atoms with Crippen molar-refractivity contribution in [3.63, 3.8) is 0 Å². The predicted molar refractivity (Wildman–Crippen MR) is 120 cm³/mol. The summed E-state index contributed by atoms with van der Waals surface area (Å²) in [4.78, 5) is 17.0. The average molecular weight is 397 g/mol. The number of hydrogen-bond acceptors (Lipinski definition) is 3. The number of β-amino-alcohol motifs (C(OH)–C–C–N with tert-alkyl or cyclic N) is 1. The van der Waals surface area contributed by atoms with Gasteiger partial charge >= 0.3 is 0 Å². The van der Waals surface area contributed by atoms with Crippen molar-refractivity contribution < 1.29 is 9.90 Å². The molecule has 1 aliphatic heterocycles. The molecule has 2 aromatic rings. The molecule has 0 radical (unpaired) electrons. The minimum Gasteiger partial charge on any atom is -0.392 e. The Morgan fingerprint density at radius 3 is 2.31 bits per heavy atom. The van der Waals surface area contributed by atoms with Crippen LogP contribution < -0.4 is 0 Å². The molecule has 0 aliphatic carbocycles. The largest absolute Gasteiger partial charge is 0.392 e. The topological polar surface area (TPSA) is 43.8 Å². The molecule has 0 aromatic heterocycles. The molecule has 0 spiro atoms. The van der Waals surface area contributed by atoms with E-state index in [9.17, 15) is 9.90 Å². The lowest BCUT2D eigenvalue weighted by Crippen LogP contribution is -2.39. The van der Waals surface area contributed by atoms with Gasteiger partial charge in [-0.3, -0.25) is 9.69 Å². The number of aryl methyl sites for hydroxylation is 1. The maximum Gasteiger partial charge on any atom is 0.227 e. The minimum absolute atomic E-state index is 0.0144. The predicted octanol–water partition coefficient (Wildman–Crippen LogP) is 4.22. The van der Waals surface area contributed by atoms with E-state index in [4.69, 9.17) is 0 Å². The highest BCUT2D eigenvalue weighted by Gasteiger charge is 2.28. The van der Waals surface area contributed by atoms with E-state index in [1.54, 1.807) is 0 Å². The Balaban J connectivity index is 0.000000941. The van der Waals surface area contributed by atoms with Crippen LogP contribution in [-0.2, 0) is 11.2 Å². The van der Waals surface area contributed by atoms with Gasteiger partial charge in [-0.25, -0.2) is 0 Å². The van der Waals surface area contributed by atoms with Crippen molar-refractivity contribution in [2.45, 2.75) is 52.2 Å². The van der Waals surface area contributed by atoms with E-state index in [0.29, 0.717) is 13.0 Å². The maximum absolute atomic E-state index is 12.9. The molecule has 29 heavy (non-hydrogen) atoms. The molecule has 1 aliphatic rings. The van der Waals surface area contributed by atoms with E-state index < -0.39 is 0 Å². The van der Waals surface area contributed by atoms with Crippen molar-refractivity contribution in [3.05, 3.63) is 71.3 Å². The molecule has 1 amide bonds. The third-order valence-electron chi connectivity index (χ3n) is 5.20. The third-order valence-corrected chi connectivity index (χ3v) is 5.20. The van der Waals surface area contributed by atoms with Crippen molar-refractivity contribution in [1.29, 1.82) is 0 Å². The smallest absolute Gasteiger partial charge is 0.227 e. The Hall–Kier alpha value is -2.17.